The number of alkyl carbamates (subject to hydrolysis) is 1. The van der Waals surface area contributed by atoms with Gasteiger partial charge in [0.1, 0.15) is 34.7 Å². The predicted molar refractivity (Wildman–Crippen MR) is 164 cm³/mol. The Morgan fingerprint density at radius 3 is 2.35 bits per heavy atom. The Morgan fingerprint density at radius 2 is 1.67 bits per heavy atom. The molecule has 12 heteroatoms. The van der Waals surface area contributed by atoms with Gasteiger partial charge in [-0.3, -0.25) is 14.4 Å². The number of thiophene rings is 1. The fourth-order valence-electron chi connectivity index (χ4n) is 4.40. The minimum Gasteiger partial charge on any atom is -0.480 e. The minimum absolute atomic E-state index is 0.140. The van der Waals surface area contributed by atoms with Crippen LogP contribution < -0.4 is 16.0 Å². The number of carboxylic acid groups (broad SMARTS) is 1. The number of aromatic amines is 1. The van der Waals surface area contributed by atoms with Gasteiger partial charge in [0.25, 0.3) is 0 Å². The van der Waals surface area contributed by atoms with Crippen LogP contribution in [0.4, 0.5) is 10.6 Å². The van der Waals surface area contributed by atoms with Crippen LogP contribution in [0.5, 0.6) is 0 Å². The molecule has 226 valence electrons. The zero-order valence-corrected chi connectivity index (χ0v) is 25.4. The molecule has 3 amide bonds. The molecule has 0 aliphatic rings. The van der Waals surface area contributed by atoms with Crippen molar-refractivity contribution < 1.29 is 29.0 Å². The number of carbonyl (C=O) groups is 4. The minimum atomic E-state index is -1.41. The van der Waals surface area contributed by atoms with Crippen LogP contribution in [0.1, 0.15) is 57.5 Å². The summed E-state index contributed by atoms with van der Waals surface area (Å²) in [5, 5.41) is 20.8. The van der Waals surface area contributed by atoms with Crippen molar-refractivity contribution in [1.29, 1.82) is 0 Å². The number of carbonyl (C=O) groups excluding carboxylic acids is 3. The van der Waals surface area contributed by atoms with Crippen molar-refractivity contribution in [2.45, 2.75) is 64.1 Å². The van der Waals surface area contributed by atoms with Crippen molar-refractivity contribution >= 4 is 51.1 Å². The molecule has 2 aromatic heterocycles. The molecule has 0 spiro atoms. The summed E-state index contributed by atoms with van der Waals surface area (Å²) in [4.78, 5) is 58.6. The molecule has 2 atom stereocenters. The number of ether oxygens (including phenoxy) is 1. The lowest BCUT2D eigenvalue weighted by molar-refractivity contribution is -0.137. The van der Waals surface area contributed by atoms with Gasteiger partial charge in [0, 0.05) is 11.1 Å². The van der Waals surface area contributed by atoms with E-state index in [4.69, 9.17) is 4.74 Å². The first-order chi connectivity index (χ1) is 20.2. The third-order valence-corrected chi connectivity index (χ3v) is 7.51. The monoisotopic (exact) mass is 605 g/mol. The number of H-pyrrole nitrogens is 1. The molecule has 4 aromatic rings. The molecular weight excluding hydrogens is 570 g/mol. The Kier molecular flexibility index (Phi) is 9.19. The molecule has 0 bridgehead atoms. The van der Waals surface area contributed by atoms with Gasteiger partial charge in [0.2, 0.25) is 11.8 Å². The van der Waals surface area contributed by atoms with Crippen molar-refractivity contribution in [3.05, 3.63) is 83.1 Å². The number of carboxylic acids is 1. The number of aliphatic carboxylic acids is 1. The van der Waals surface area contributed by atoms with Crippen LogP contribution >= 0.6 is 11.3 Å². The van der Waals surface area contributed by atoms with Crippen molar-refractivity contribution in [3.8, 4) is 0 Å². The Balaban J connectivity index is 1.56. The first-order valence-corrected chi connectivity index (χ1v) is 14.5. The lowest BCUT2D eigenvalue weighted by atomic mass is 9.99. The molecule has 5 N–H and O–H groups in total. The number of rotatable bonds is 10. The van der Waals surface area contributed by atoms with E-state index in [1.807, 2.05) is 29.6 Å². The van der Waals surface area contributed by atoms with Crippen LogP contribution in [0, 0.1) is 0 Å². The number of hydrogen-bond acceptors (Lipinski definition) is 7. The number of nitrogens with zero attached hydrogens (tertiary/aromatic N) is 1. The van der Waals surface area contributed by atoms with Gasteiger partial charge in [0.05, 0.1) is 6.20 Å². The van der Waals surface area contributed by atoms with Crippen LogP contribution in [-0.4, -0.2) is 56.1 Å². The van der Waals surface area contributed by atoms with Crippen molar-refractivity contribution in [2.75, 3.05) is 5.32 Å². The second-order valence-corrected chi connectivity index (χ2v) is 12.5. The average molecular weight is 606 g/mol. The maximum Gasteiger partial charge on any atom is 0.408 e. The quantitative estimate of drug-likeness (QED) is 0.173. The van der Waals surface area contributed by atoms with Crippen molar-refractivity contribution in [1.82, 2.24) is 20.6 Å². The third kappa shape index (κ3) is 7.98. The Bertz CT molecular complexity index is 1620. The van der Waals surface area contributed by atoms with Crippen LogP contribution in [0.25, 0.3) is 10.1 Å². The zero-order valence-electron chi connectivity index (χ0n) is 24.6. The van der Waals surface area contributed by atoms with E-state index in [2.05, 4.69) is 25.9 Å². The summed E-state index contributed by atoms with van der Waals surface area (Å²) < 4.78 is 6.33. The van der Waals surface area contributed by atoms with Gasteiger partial charge in [-0.05, 0) is 62.6 Å². The lowest BCUT2D eigenvalue weighted by Gasteiger charge is -2.29. The Labute approximate surface area is 253 Å². The molecule has 2 aromatic carbocycles. The summed E-state index contributed by atoms with van der Waals surface area (Å²) in [6, 6.07) is 15.3. The molecule has 2 heterocycles. The van der Waals surface area contributed by atoms with Gasteiger partial charge >= 0.3 is 12.1 Å². The molecule has 4 rings (SSSR count). The Hall–Kier alpha value is -4.71. The summed E-state index contributed by atoms with van der Waals surface area (Å²) in [7, 11) is 0. The van der Waals surface area contributed by atoms with Gasteiger partial charge in [-0.2, -0.15) is 0 Å². The first-order valence-electron chi connectivity index (χ1n) is 13.6. The zero-order chi connectivity index (χ0) is 31.4. The molecule has 0 saturated carbocycles. The smallest absolute Gasteiger partial charge is 0.408 e. The van der Waals surface area contributed by atoms with Gasteiger partial charge in [0.15, 0.2) is 0 Å². The van der Waals surface area contributed by atoms with Crippen LogP contribution in [0.3, 0.4) is 0 Å². The fraction of sp³-hybridized carbons (Fsp3) is 0.323. The second-order valence-electron chi connectivity index (χ2n) is 11.6. The number of nitrogens with one attached hydrogen (secondary N) is 4. The van der Waals surface area contributed by atoms with Gasteiger partial charge in [-0.15, -0.1) is 11.3 Å². The summed E-state index contributed by atoms with van der Waals surface area (Å²) in [5.41, 5.74) is -0.790. The molecule has 0 radical (unpaired) electrons. The topological polar surface area (TPSA) is 163 Å². The normalized spacial score (nSPS) is 13.1. The SMILES string of the molecule is CC(C)(C)OC(=O)NC(C)(C)C(=O)NC(Cc1csc2ccccc12)C(=O)Nc1cnc(C(C(=O)O)c2ccccc2)[nH]1. The highest BCUT2D eigenvalue weighted by molar-refractivity contribution is 7.17. The highest BCUT2D eigenvalue weighted by Crippen LogP contribution is 2.27. The molecule has 11 nitrogen and oxygen atoms in total. The summed E-state index contributed by atoms with van der Waals surface area (Å²) in [6.45, 7) is 8.16. The fourth-order valence-corrected chi connectivity index (χ4v) is 5.38. The van der Waals surface area contributed by atoms with Crippen LogP contribution in [0.2, 0.25) is 0 Å². The van der Waals surface area contributed by atoms with Gasteiger partial charge < -0.3 is 30.8 Å². The van der Waals surface area contributed by atoms with E-state index < -0.39 is 47.0 Å². The standard InChI is InChI=1S/C31H35N5O6S/c1-30(2,3)42-29(41)36-31(4,5)28(40)33-21(15-19-17-43-22-14-10-9-13-20(19)22)26(37)35-23-16-32-25(34-23)24(27(38)39)18-11-7-6-8-12-18/h6-14,16-17,21,24H,15H2,1-5H3,(H,32,34)(H,33,40)(H,35,37)(H,36,41)(H,38,39). The number of aromatic nitrogens is 2. The number of amides is 3. The third-order valence-electron chi connectivity index (χ3n) is 6.49. The number of fused-ring (bicyclic) bond motifs is 1. The van der Waals surface area contributed by atoms with Crippen LogP contribution in [0.15, 0.2) is 66.2 Å². The van der Waals surface area contributed by atoms with E-state index in [-0.39, 0.29) is 18.1 Å². The van der Waals surface area contributed by atoms with E-state index in [9.17, 15) is 24.3 Å². The van der Waals surface area contributed by atoms with Crippen molar-refractivity contribution in [2.24, 2.45) is 0 Å². The van der Waals surface area contributed by atoms with Gasteiger partial charge in [-0.1, -0.05) is 48.5 Å². The molecular formula is C31H35N5O6S. The van der Waals surface area contributed by atoms with E-state index in [1.54, 1.807) is 51.1 Å². The summed E-state index contributed by atoms with van der Waals surface area (Å²) >= 11 is 1.53. The molecule has 2 unspecified atom stereocenters. The molecule has 0 saturated heterocycles. The second kappa shape index (κ2) is 12.7. The maximum atomic E-state index is 13.6. The predicted octanol–water partition coefficient (Wildman–Crippen LogP) is 4.81. The number of anilines is 1. The molecule has 0 fully saturated rings. The largest absolute Gasteiger partial charge is 0.480 e. The van der Waals surface area contributed by atoms with E-state index in [0.717, 1.165) is 15.6 Å². The Morgan fingerprint density at radius 1 is 1.00 bits per heavy atom. The average Bonchev–Trinajstić information content (AvgIpc) is 3.54. The number of hydrogen-bond donors (Lipinski definition) is 5. The lowest BCUT2D eigenvalue weighted by Crippen LogP contribution is -2.59. The van der Waals surface area contributed by atoms with Crippen LogP contribution in [-0.2, 0) is 25.5 Å². The molecule has 43 heavy (non-hydrogen) atoms. The van der Waals surface area contributed by atoms with Gasteiger partial charge in [-0.25, -0.2) is 9.78 Å². The highest BCUT2D eigenvalue weighted by atomic mass is 32.1. The maximum absolute atomic E-state index is 13.6. The van der Waals surface area contributed by atoms with E-state index in [1.165, 1.54) is 31.4 Å². The van der Waals surface area contributed by atoms with Crippen molar-refractivity contribution in [3.63, 3.8) is 0 Å². The number of benzene rings is 2. The summed E-state index contributed by atoms with van der Waals surface area (Å²) in [6.07, 6.45) is 0.722. The molecule has 0 aliphatic carbocycles. The number of imidazole rings is 1. The highest BCUT2D eigenvalue weighted by Gasteiger charge is 2.35. The molecule has 0 aliphatic heterocycles. The summed E-state index contributed by atoms with van der Waals surface area (Å²) in [5.74, 6) is -3.02. The van der Waals surface area contributed by atoms with E-state index >= 15 is 0 Å². The van der Waals surface area contributed by atoms with E-state index in [0.29, 0.717) is 5.56 Å². The first kappa shape index (κ1) is 31.2.